The van der Waals surface area contributed by atoms with Crippen molar-refractivity contribution >= 4 is 23.4 Å². The highest BCUT2D eigenvalue weighted by molar-refractivity contribution is 7.80. The minimum Gasteiger partial charge on any atom is -0.385 e. The van der Waals surface area contributed by atoms with Gasteiger partial charge >= 0.3 is 0 Å². The lowest BCUT2D eigenvalue weighted by atomic mass is 9.77. The average Bonchev–Trinajstić information content (AvgIpc) is 2.95. The molecule has 0 aromatic heterocycles. The Balaban J connectivity index is 1.59. The molecular weight excluding hydrogens is 362 g/mol. The molecule has 3 aromatic carbocycles. The van der Waals surface area contributed by atoms with E-state index < -0.39 is 5.60 Å². The third kappa shape index (κ3) is 2.88. The van der Waals surface area contributed by atoms with E-state index in [9.17, 15) is 5.11 Å². The number of fused-ring (bicyclic) bond motifs is 3. The molecule has 28 heavy (non-hydrogen) atoms. The second kappa shape index (κ2) is 6.91. The predicted octanol–water partition coefficient (Wildman–Crippen LogP) is 5.30. The quantitative estimate of drug-likeness (QED) is 0.594. The largest absolute Gasteiger partial charge is 0.385 e. The Morgan fingerprint density at radius 1 is 0.893 bits per heavy atom. The summed E-state index contributed by atoms with van der Waals surface area (Å²) >= 11 is 5.07. The van der Waals surface area contributed by atoms with Gasteiger partial charge in [0, 0.05) is 12.1 Å². The molecule has 0 aliphatic carbocycles. The second-order valence-corrected chi connectivity index (χ2v) is 9.06. The summed E-state index contributed by atoms with van der Waals surface area (Å²) in [5, 5.41) is 14.2. The van der Waals surface area contributed by atoms with E-state index in [1.807, 2.05) is 0 Å². The Hall–Kier alpha value is -1.81. The number of thiol groups is 1. The smallest absolute Gasteiger partial charge is 0.0929 e. The fourth-order valence-electron chi connectivity index (χ4n) is 5.48. The van der Waals surface area contributed by atoms with E-state index in [1.54, 1.807) is 0 Å². The Bertz CT molecular complexity index is 997. The molecule has 0 spiro atoms. The molecule has 2 saturated heterocycles. The monoisotopic (exact) mass is 389 g/mol. The highest BCUT2D eigenvalue weighted by Crippen LogP contribution is 2.48. The number of nitrogens with zero attached hydrogens (tertiary/aromatic N) is 1. The molecule has 3 aromatic rings. The molecule has 2 bridgehead atoms. The molecule has 0 radical (unpaired) electrons. The molecule has 2 nitrogen and oxygen atoms in total. The summed E-state index contributed by atoms with van der Waals surface area (Å²) in [5.41, 5.74) is 2.63. The van der Waals surface area contributed by atoms with Crippen LogP contribution in [-0.2, 0) is 5.60 Å². The summed E-state index contributed by atoms with van der Waals surface area (Å²) < 4.78 is 0. The van der Waals surface area contributed by atoms with Gasteiger partial charge in [-0.1, -0.05) is 66.7 Å². The van der Waals surface area contributed by atoms with Crippen LogP contribution < -0.4 is 0 Å². The van der Waals surface area contributed by atoms with Crippen LogP contribution in [0.3, 0.4) is 0 Å². The van der Waals surface area contributed by atoms with Crippen molar-refractivity contribution in [2.75, 3.05) is 7.05 Å². The zero-order chi connectivity index (χ0) is 19.3. The highest BCUT2D eigenvalue weighted by Gasteiger charge is 2.47. The molecule has 2 heterocycles. The average molecular weight is 390 g/mol. The summed E-state index contributed by atoms with van der Waals surface area (Å²) in [6, 6.07) is 24.2. The Kier molecular flexibility index (Phi) is 4.50. The van der Waals surface area contributed by atoms with Gasteiger partial charge in [-0.05, 0) is 60.2 Å². The first-order valence-corrected chi connectivity index (χ1v) is 10.8. The first kappa shape index (κ1) is 18.2. The SMILES string of the molecule is CN1C2CCC1CC(O)(c1ccccc1C(S)c1cccc3ccccc13)C2. The van der Waals surface area contributed by atoms with E-state index in [2.05, 4.69) is 78.7 Å². The maximum absolute atomic E-state index is 11.8. The second-order valence-electron chi connectivity index (χ2n) is 8.55. The number of aliphatic hydroxyl groups is 1. The summed E-state index contributed by atoms with van der Waals surface area (Å²) in [6.07, 6.45) is 4.01. The molecule has 0 saturated carbocycles. The van der Waals surface area contributed by atoms with Crippen molar-refractivity contribution < 1.29 is 5.11 Å². The number of piperidine rings is 1. The first-order chi connectivity index (χ1) is 13.6. The minimum absolute atomic E-state index is 0.0661. The Labute approximate surface area is 172 Å². The lowest BCUT2D eigenvalue weighted by Crippen LogP contribution is -2.48. The van der Waals surface area contributed by atoms with Crippen LogP contribution in [0.4, 0.5) is 0 Å². The molecule has 2 aliphatic rings. The van der Waals surface area contributed by atoms with Crippen LogP contribution in [-0.4, -0.2) is 29.1 Å². The van der Waals surface area contributed by atoms with Gasteiger partial charge in [0.05, 0.1) is 10.9 Å². The van der Waals surface area contributed by atoms with Crippen LogP contribution in [0.5, 0.6) is 0 Å². The van der Waals surface area contributed by atoms with Gasteiger partial charge < -0.3 is 10.0 Å². The summed E-state index contributed by atoms with van der Waals surface area (Å²) in [4.78, 5) is 2.47. The molecule has 3 atom stereocenters. The van der Waals surface area contributed by atoms with Crippen molar-refractivity contribution in [3.8, 4) is 0 Å². The maximum atomic E-state index is 11.8. The standard InChI is InChI=1S/C25H27NOS/c1-26-18-13-14-19(26)16-25(27,15-18)23-12-5-4-10-22(23)24(28)21-11-6-8-17-7-2-3-9-20(17)21/h2-12,18-19,24,27-28H,13-16H2,1H3. The summed E-state index contributed by atoms with van der Waals surface area (Å²) in [7, 11) is 2.21. The maximum Gasteiger partial charge on any atom is 0.0929 e. The zero-order valence-electron chi connectivity index (χ0n) is 16.3. The van der Waals surface area contributed by atoms with Crippen molar-refractivity contribution in [3.63, 3.8) is 0 Å². The van der Waals surface area contributed by atoms with E-state index in [0.717, 1.165) is 24.0 Å². The van der Waals surface area contributed by atoms with Crippen LogP contribution in [0.15, 0.2) is 66.7 Å². The van der Waals surface area contributed by atoms with Crippen LogP contribution >= 0.6 is 12.6 Å². The lowest BCUT2D eigenvalue weighted by Gasteiger charge is -2.43. The van der Waals surface area contributed by atoms with E-state index >= 15 is 0 Å². The molecule has 2 aliphatic heterocycles. The summed E-state index contributed by atoms with van der Waals surface area (Å²) in [6.45, 7) is 0. The van der Waals surface area contributed by atoms with Crippen molar-refractivity contribution in [2.45, 2.75) is 48.6 Å². The molecule has 1 N–H and O–H groups in total. The van der Waals surface area contributed by atoms with Gasteiger partial charge in [0.1, 0.15) is 0 Å². The third-order valence-corrected chi connectivity index (χ3v) is 7.56. The van der Waals surface area contributed by atoms with Gasteiger partial charge in [0.2, 0.25) is 0 Å². The molecule has 0 amide bonds. The lowest BCUT2D eigenvalue weighted by molar-refractivity contribution is -0.0498. The van der Waals surface area contributed by atoms with Gasteiger partial charge in [0.25, 0.3) is 0 Å². The fraction of sp³-hybridized carbons (Fsp3) is 0.360. The van der Waals surface area contributed by atoms with Gasteiger partial charge in [-0.15, -0.1) is 0 Å². The van der Waals surface area contributed by atoms with Crippen LogP contribution in [0, 0.1) is 0 Å². The van der Waals surface area contributed by atoms with E-state index in [-0.39, 0.29) is 5.25 Å². The van der Waals surface area contributed by atoms with Gasteiger partial charge in [-0.3, -0.25) is 0 Å². The number of benzene rings is 3. The van der Waals surface area contributed by atoms with Crippen LogP contribution in [0.25, 0.3) is 10.8 Å². The van der Waals surface area contributed by atoms with Crippen molar-refractivity contribution in [1.82, 2.24) is 4.90 Å². The van der Waals surface area contributed by atoms with Gasteiger partial charge in [-0.2, -0.15) is 12.6 Å². The van der Waals surface area contributed by atoms with E-state index in [4.69, 9.17) is 12.6 Å². The van der Waals surface area contributed by atoms with E-state index in [1.165, 1.54) is 29.2 Å². The van der Waals surface area contributed by atoms with Crippen LogP contribution in [0.2, 0.25) is 0 Å². The van der Waals surface area contributed by atoms with Crippen molar-refractivity contribution in [3.05, 3.63) is 83.4 Å². The van der Waals surface area contributed by atoms with Crippen molar-refractivity contribution in [2.24, 2.45) is 0 Å². The fourth-order valence-corrected chi connectivity index (χ4v) is 5.93. The Morgan fingerprint density at radius 2 is 1.50 bits per heavy atom. The Morgan fingerprint density at radius 3 is 2.29 bits per heavy atom. The molecule has 5 rings (SSSR count). The molecule has 3 unspecified atom stereocenters. The summed E-state index contributed by atoms with van der Waals surface area (Å²) in [5.74, 6) is 0. The van der Waals surface area contributed by atoms with Gasteiger partial charge in [0.15, 0.2) is 0 Å². The topological polar surface area (TPSA) is 23.5 Å². The molecule has 144 valence electrons. The van der Waals surface area contributed by atoms with Crippen LogP contribution in [0.1, 0.15) is 47.6 Å². The normalized spacial score (nSPS) is 28.5. The minimum atomic E-state index is -0.763. The number of hydrogen-bond acceptors (Lipinski definition) is 3. The third-order valence-electron chi connectivity index (χ3n) is 7.01. The number of hydrogen-bond donors (Lipinski definition) is 2. The molecule has 3 heteroatoms. The molecular formula is C25H27NOS. The zero-order valence-corrected chi connectivity index (χ0v) is 17.1. The predicted molar refractivity (Wildman–Crippen MR) is 119 cm³/mol. The van der Waals surface area contributed by atoms with Crippen molar-refractivity contribution in [1.29, 1.82) is 0 Å². The van der Waals surface area contributed by atoms with E-state index in [0.29, 0.717) is 12.1 Å². The first-order valence-electron chi connectivity index (χ1n) is 10.3. The highest BCUT2D eigenvalue weighted by atomic mass is 32.1. The van der Waals surface area contributed by atoms with Gasteiger partial charge in [-0.25, -0.2) is 0 Å². The number of rotatable bonds is 3. The molecule has 2 fully saturated rings.